The summed E-state index contributed by atoms with van der Waals surface area (Å²) in [6.45, 7) is 4.02. The quantitative estimate of drug-likeness (QED) is 0.583. The number of hydrogen-bond donors (Lipinski definition) is 0. The minimum Gasteiger partial charge on any atom is -0.342 e. The number of carbonyl (C=O) groups is 1. The maximum atomic E-state index is 11.5. The third-order valence-electron chi connectivity index (χ3n) is 3.45. The topological polar surface area (TPSA) is 20.3 Å². The molecular weight excluding hydrogens is 150 g/mol. The van der Waals surface area contributed by atoms with Crippen LogP contribution < -0.4 is 0 Å². The van der Waals surface area contributed by atoms with Crippen molar-refractivity contribution in [3.8, 4) is 0 Å². The Bertz CT molecular complexity index is 194. The molecule has 0 N–H and O–H groups in total. The molecule has 2 nitrogen and oxygen atoms in total. The van der Waals surface area contributed by atoms with E-state index in [1.165, 1.54) is 25.7 Å². The summed E-state index contributed by atoms with van der Waals surface area (Å²) in [6, 6.07) is 0. The Hall–Kier alpha value is -0.530. The first kappa shape index (κ1) is 8.09. The number of rotatable bonds is 1. The first-order valence-corrected chi connectivity index (χ1v) is 5.04. The summed E-state index contributed by atoms with van der Waals surface area (Å²) >= 11 is 0. The van der Waals surface area contributed by atoms with Crippen LogP contribution >= 0.6 is 0 Å². The molecule has 0 aromatic heterocycles. The van der Waals surface area contributed by atoms with E-state index < -0.39 is 0 Å². The van der Waals surface area contributed by atoms with Crippen LogP contribution in [0, 0.1) is 5.41 Å². The van der Waals surface area contributed by atoms with E-state index >= 15 is 0 Å². The molecule has 1 heterocycles. The van der Waals surface area contributed by atoms with Gasteiger partial charge in [-0.15, -0.1) is 0 Å². The average Bonchev–Trinajstić information content (AvgIpc) is 2.60. The van der Waals surface area contributed by atoms with Crippen molar-refractivity contribution in [2.45, 2.75) is 39.0 Å². The van der Waals surface area contributed by atoms with Crippen LogP contribution in [0.25, 0.3) is 0 Å². The van der Waals surface area contributed by atoms with Gasteiger partial charge in [0.15, 0.2) is 0 Å². The van der Waals surface area contributed by atoms with E-state index in [1.807, 2.05) is 4.90 Å². The van der Waals surface area contributed by atoms with E-state index in [0.717, 1.165) is 19.5 Å². The molecule has 0 unspecified atom stereocenters. The summed E-state index contributed by atoms with van der Waals surface area (Å²) in [4.78, 5) is 13.5. The van der Waals surface area contributed by atoms with Crippen LogP contribution in [0.3, 0.4) is 0 Å². The molecule has 0 aromatic carbocycles. The van der Waals surface area contributed by atoms with Gasteiger partial charge in [0.1, 0.15) is 0 Å². The van der Waals surface area contributed by atoms with Crippen molar-refractivity contribution >= 4 is 5.91 Å². The lowest BCUT2D eigenvalue weighted by atomic mass is 9.85. The molecular formula is C10H17NO. The van der Waals surface area contributed by atoms with Crippen molar-refractivity contribution < 1.29 is 4.79 Å². The van der Waals surface area contributed by atoms with Gasteiger partial charge < -0.3 is 4.90 Å². The molecule has 1 saturated heterocycles. The molecule has 2 rings (SSSR count). The second-order valence-electron chi connectivity index (χ2n) is 4.29. The molecule has 68 valence electrons. The van der Waals surface area contributed by atoms with E-state index in [4.69, 9.17) is 0 Å². The number of hydrogen-bond acceptors (Lipinski definition) is 1. The summed E-state index contributed by atoms with van der Waals surface area (Å²) < 4.78 is 0. The van der Waals surface area contributed by atoms with Crippen LogP contribution in [0.1, 0.15) is 39.0 Å². The molecule has 2 aliphatic rings. The van der Waals surface area contributed by atoms with Crippen molar-refractivity contribution in [1.29, 1.82) is 0 Å². The second-order valence-corrected chi connectivity index (χ2v) is 4.29. The maximum absolute atomic E-state index is 11.5. The zero-order valence-electron chi connectivity index (χ0n) is 7.81. The van der Waals surface area contributed by atoms with Crippen LogP contribution in [0.4, 0.5) is 0 Å². The van der Waals surface area contributed by atoms with Gasteiger partial charge in [-0.25, -0.2) is 0 Å². The van der Waals surface area contributed by atoms with Crippen molar-refractivity contribution in [2.75, 3.05) is 13.1 Å². The van der Waals surface area contributed by atoms with Crippen LogP contribution in [0.15, 0.2) is 0 Å². The zero-order valence-corrected chi connectivity index (χ0v) is 7.81. The first-order chi connectivity index (χ1) is 5.76. The summed E-state index contributed by atoms with van der Waals surface area (Å²) in [5.41, 5.74) is 0.410. The summed E-state index contributed by atoms with van der Waals surface area (Å²) in [5, 5.41) is 0. The van der Waals surface area contributed by atoms with E-state index in [0.29, 0.717) is 11.3 Å². The predicted octanol–water partition coefficient (Wildman–Crippen LogP) is 1.80. The molecule has 0 aromatic rings. The molecule has 12 heavy (non-hydrogen) atoms. The van der Waals surface area contributed by atoms with Gasteiger partial charge in [0.2, 0.25) is 5.91 Å². The van der Waals surface area contributed by atoms with Crippen LogP contribution in [-0.4, -0.2) is 23.9 Å². The van der Waals surface area contributed by atoms with Gasteiger partial charge in [0.25, 0.3) is 0 Å². The molecule has 0 bridgehead atoms. The lowest BCUT2D eigenvalue weighted by molar-refractivity contribution is -0.127. The number of carbonyl (C=O) groups excluding carboxylic acids is 1. The number of amides is 1. The molecule has 2 heteroatoms. The Morgan fingerprint density at radius 2 is 2.08 bits per heavy atom. The third kappa shape index (κ3) is 1.13. The van der Waals surface area contributed by atoms with Crippen molar-refractivity contribution in [2.24, 2.45) is 5.41 Å². The highest BCUT2D eigenvalue weighted by molar-refractivity contribution is 5.79. The fraction of sp³-hybridized carbons (Fsp3) is 0.900. The fourth-order valence-corrected chi connectivity index (χ4v) is 2.73. The summed E-state index contributed by atoms with van der Waals surface area (Å²) in [5.74, 6) is 0.388. The van der Waals surface area contributed by atoms with Crippen LogP contribution in [0.2, 0.25) is 0 Å². The van der Waals surface area contributed by atoms with Crippen LogP contribution in [0.5, 0.6) is 0 Å². The largest absolute Gasteiger partial charge is 0.342 e. The second kappa shape index (κ2) is 2.75. The monoisotopic (exact) mass is 167 g/mol. The molecule has 0 radical (unpaired) electrons. The normalized spacial score (nSPS) is 27.4. The van der Waals surface area contributed by atoms with Gasteiger partial charge in [-0.1, -0.05) is 12.8 Å². The molecule has 2 fully saturated rings. The van der Waals surface area contributed by atoms with Crippen molar-refractivity contribution in [3.05, 3.63) is 0 Å². The van der Waals surface area contributed by atoms with Gasteiger partial charge >= 0.3 is 0 Å². The predicted molar refractivity (Wildman–Crippen MR) is 47.8 cm³/mol. The molecule has 1 spiro atoms. The average molecular weight is 167 g/mol. The van der Waals surface area contributed by atoms with E-state index in [-0.39, 0.29) is 0 Å². The van der Waals surface area contributed by atoms with Gasteiger partial charge in [0.05, 0.1) is 0 Å². The maximum Gasteiger partial charge on any atom is 0.223 e. The molecule has 1 saturated carbocycles. The number of likely N-dealkylation sites (tertiary alicyclic amines) is 1. The minimum atomic E-state index is 0.388. The number of nitrogens with zero attached hydrogens (tertiary/aromatic N) is 1. The van der Waals surface area contributed by atoms with Gasteiger partial charge in [-0.3, -0.25) is 4.79 Å². The SMILES string of the molecule is CCN1CC2(CCCC2)CC1=O. The molecule has 1 aliphatic heterocycles. The smallest absolute Gasteiger partial charge is 0.223 e. The van der Waals surface area contributed by atoms with Gasteiger partial charge in [-0.05, 0) is 25.2 Å². The zero-order chi connectivity index (χ0) is 8.60. The van der Waals surface area contributed by atoms with Gasteiger partial charge in [0, 0.05) is 19.5 Å². The third-order valence-corrected chi connectivity index (χ3v) is 3.45. The lowest BCUT2D eigenvalue weighted by Gasteiger charge is -2.21. The highest BCUT2D eigenvalue weighted by atomic mass is 16.2. The molecule has 1 aliphatic carbocycles. The van der Waals surface area contributed by atoms with Gasteiger partial charge in [-0.2, -0.15) is 0 Å². The highest BCUT2D eigenvalue weighted by Crippen LogP contribution is 2.45. The Balaban J connectivity index is 2.08. The fourth-order valence-electron chi connectivity index (χ4n) is 2.73. The standard InChI is InChI=1S/C10H17NO/c1-2-11-8-10(7-9(11)12)5-3-4-6-10/h2-8H2,1H3. The lowest BCUT2D eigenvalue weighted by Crippen LogP contribution is -2.26. The van der Waals surface area contributed by atoms with E-state index in [9.17, 15) is 4.79 Å². The highest BCUT2D eigenvalue weighted by Gasteiger charge is 2.43. The van der Waals surface area contributed by atoms with Crippen LogP contribution in [-0.2, 0) is 4.79 Å². The Morgan fingerprint density at radius 3 is 2.58 bits per heavy atom. The summed E-state index contributed by atoms with van der Waals surface area (Å²) in [7, 11) is 0. The Kier molecular flexibility index (Phi) is 1.85. The first-order valence-electron chi connectivity index (χ1n) is 5.04. The van der Waals surface area contributed by atoms with E-state index in [2.05, 4.69) is 6.92 Å². The van der Waals surface area contributed by atoms with Crippen molar-refractivity contribution in [1.82, 2.24) is 4.90 Å². The Labute approximate surface area is 73.9 Å². The van der Waals surface area contributed by atoms with E-state index in [1.54, 1.807) is 0 Å². The summed E-state index contributed by atoms with van der Waals surface area (Å²) in [6.07, 6.45) is 6.08. The molecule has 1 amide bonds. The molecule has 0 atom stereocenters. The Morgan fingerprint density at radius 1 is 1.42 bits per heavy atom. The minimum absolute atomic E-state index is 0.388. The van der Waals surface area contributed by atoms with Crippen molar-refractivity contribution in [3.63, 3.8) is 0 Å².